The van der Waals surface area contributed by atoms with Gasteiger partial charge in [0.1, 0.15) is 5.76 Å². The van der Waals surface area contributed by atoms with Gasteiger partial charge in [-0.2, -0.15) is 25.1 Å². The van der Waals surface area contributed by atoms with E-state index in [-0.39, 0.29) is 5.91 Å². The van der Waals surface area contributed by atoms with Gasteiger partial charge in [0.2, 0.25) is 0 Å². The summed E-state index contributed by atoms with van der Waals surface area (Å²) in [7, 11) is 0. The quantitative estimate of drug-likeness (QED) is 0.124. The van der Waals surface area contributed by atoms with Gasteiger partial charge in [0, 0.05) is 44.6 Å². The van der Waals surface area contributed by atoms with Crippen LogP contribution in [0.4, 0.5) is 0 Å². The molecule has 0 saturated heterocycles. The number of furan rings is 1. The maximum absolute atomic E-state index is 11.9. The minimum Gasteiger partial charge on any atom is -0.465 e. The van der Waals surface area contributed by atoms with Gasteiger partial charge in [-0.25, -0.2) is 0 Å². The summed E-state index contributed by atoms with van der Waals surface area (Å²) >= 11 is 13.9. The van der Waals surface area contributed by atoms with Crippen LogP contribution in [0.15, 0.2) is 150 Å². The fourth-order valence-corrected chi connectivity index (χ4v) is 5.71. The molecule has 3 N–H and O–H groups in total. The van der Waals surface area contributed by atoms with E-state index in [1.807, 2.05) is 85.0 Å². The molecule has 0 aliphatic carbocycles. The topological polar surface area (TPSA) is 134 Å². The Balaban J connectivity index is 0.000000149. The number of hydrogen-bond acceptors (Lipinski definition) is 7. The van der Waals surface area contributed by atoms with Gasteiger partial charge < -0.3 is 4.42 Å². The summed E-state index contributed by atoms with van der Waals surface area (Å²) in [5.74, 6) is 0.588. The fourth-order valence-electron chi connectivity index (χ4n) is 4.57. The van der Waals surface area contributed by atoms with Crippen molar-refractivity contribution < 1.29 is 9.21 Å². The van der Waals surface area contributed by atoms with Crippen molar-refractivity contribution in [3.05, 3.63) is 200 Å². The van der Waals surface area contributed by atoms with E-state index in [0.29, 0.717) is 26.9 Å². The number of nitrogens with zero attached hydrogens (tertiary/aromatic N) is 5. The summed E-state index contributed by atoms with van der Waals surface area (Å²) in [4.78, 5) is 13.1. The molecule has 2 aromatic carbocycles. The number of carbonyl (C=O) groups is 1. The number of aromatic nitrogens is 8. The molecule has 10 nitrogen and oxygen atoms in total. The summed E-state index contributed by atoms with van der Waals surface area (Å²) < 4.78 is 6.39. The van der Waals surface area contributed by atoms with Crippen LogP contribution in [0.2, 0.25) is 10.0 Å². The Hall–Kier alpha value is -6.79. The number of hydrogen-bond donors (Lipinski definition) is 3. The predicted octanol–water partition coefficient (Wildman–Crippen LogP) is 12.0. The van der Waals surface area contributed by atoms with Crippen LogP contribution >= 0.6 is 34.5 Å². The van der Waals surface area contributed by atoms with Crippen molar-refractivity contribution in [3.8, 4) is 0 Å². The summed E-state index contributed by atoms with van der Waals surface area (Å²) in [5.41, 5.74) is 5.95. The van der Waals surface area contributed by atoms with Crippen molar-refractivity contribution in [1.82, 2.24) is 40.4 Å². The van der Waals surface area contributed by atoms with Crippen LogP contribution in [0.1, 0.15) is 56.3 Å². The molecule has 0 spiro atoms. The third-order valence-corrected chi connectivity index (χ3v) is 8.91. The Labute approximate surface area is 344 Å². The zero-order valence-electron chi connectivity index (χ0n) is 30.7. The molecule has 0 atom stereocenters. The molecular formula is C44H38Cl2N8O2S. The lowest BCUT2D eigenvalue weighted by Gasteiger charge is -2.03. The summed E-state index contributed by atoms with van der Waals surface area (Å²) in [5, 5.41) is 27.2. The number of halogens is 2. The summed E-state index contributed by atoms with van der Waals surface area (Å²) in [6.45, 7) is 5.26. The second kappa shape index (κ2) is 22.6. The van der Waals surface area contributed by atoms with Crippen LogP contribution in [0, 0.1) is 0 Å². The molecule has 0 aliphatic rings. The zero-order chi connectivity index (χ0) is 40.1. The molecular weight excluding hydrogens is 776 g/mol. The molecule has 8 aromatic rings. The lowest BCUT2D eigenvalue weighted by Crippen LogP contribution is -2.14. The fraction of sp³-hybridized carbons (Fsp3) is 0.0227. The van der Waals surface area contributed by atoms with E-state index in [2.05, 4.69) is 71.9 Å². The predicted molar refractivity (Wildman–Crippen MR) is 235 cm³/mol. The maximum Gasteiger partial charge on any atom is 0.273 e. The number of carbonyl (C=O) groups excluding carboxylic acids is 1. The molecule has 57 heavy (non-hydrogen) atoms. The van der Waals surface area contributed by atoms with Crippen LogP contribution in [0.5, 0.6) is 0 Å². The Morgan fingerprint density at radius 1 is 0.667 bits per heavy atom. The Morgan fingerprint density at radius 3 is 1.84 bits per heavy atom. The smallest absolute Gasteiger partial charge is 0.273 e. The normalized spacial score (nSPS) is 10.9. The number of thiophene rings is 1. The van der Waals surface area contributed by atoms with Gasteiger partial charge in [0.25, 0.3) is 5.91 Å². The molecule has 0 amide bonds. The van der Waals surface area contributed by atoms with Crippen molar-refractivity contribution in [1.29, 1.82) is 0 Å². The second-order valence-corrected chi connectivity index (χ2v) is 13.5. The van der Waals surface area contributed by atoms with E-state index in [9.17, 15) is 4.79 Å². The highest BCUT2D eigenvalue weighted by molar-refractivity contribution is 7.10. The molecule has 0 aliphatic heterocycles. The highest BCUT2D eigenvalue weighted by Crippen LogP contribution is 2.26. The Kier molecular flexibility index (Phi) is 16.4. The molecule has 6 aromatic heterocycles. The highest BCUT2D eigenvalue weighted by atomic mass is 35.5. The molecule has 13 heteroatoms. The number of rotatable bonds is 9. The van der Waals surface area contributed by atoms with Crippen LogP contribution in [-0.2, 0) is 0 Å². The molecule has 0 bridgehead atoms. The highest BCUT2D eigenvalue weighted by Gasteiger charge is 2.10. The monoisotopic (exact) mass is 812 g/mol. The van der Waals surface area contributed by atoms with Gasteiger partial charge in [0.05, 0.1) is 35.2 Å². The first-order chi connectivity index (χ1) is 27.9. The zero-order valence-corrected chi connectivity index (χ0v) is 33.1. The lowest BCUT2D eigenvalue weighted by atomic mass is 10.2. The van der Waals surface area contributed by atoms with E-state index in [1.54, 1.807) is 85.7 Å². The molecule has 0 unspecified atom stereocenters. The minimum atomic E-state index is -0.250. The van der Waals surface area contributed by atoms with Gasteiger partial charge in [-0.05, 0) is 115 Å². The number of nitrogens with one attached hydrogen (secondary N) is 3. The number of allylic oxidation sites excluding steroid dienone is 1. The van der Waals surface area contributed by atoms with E-state index in [1.165, 1.54) is 15.1 Å². The van der Waals surface area contributed by atoms with E-state index in [4.69, 9.17) is 27.6 Å². The van der Waals surface area contributed by atoms with E-state index >= 15 is 0 Å². The standard InChI is InChI=1S/C15H12Cl2N2O.C11H10N2.C9H8N2O.C9H8N2S/c1-10(2)15(20)19-11(8-9-18-19)6-7-12-13(16)4-3-5-14(12)17;1-2-4-10(5-3-1)6-7-11-8-9-12-13-11;2*1-2-9(12-7-1)4-3-8-5-6-10-11-8/h3-9H,1H2,2H3;1-9H,(H,12,13);2*1-7H,(H,10,11)/b2*7-6+;2*4-3+. The average Bonchev–Trinajstić information content (AvgIpc) is 4.09. The largest absolute Gasteiger partial charge is 0.465 e. The summed E-state index contributed by atoms with van der Waals surface area (Å²) in [6.07, 6.45) is 23.8. The van der Waals surface area contributed by atoms with Gasteiger partial charge in [-0.3, -0.25) is 20.1 Å². The van der Waals surface area contributed by atoms with Crippen LogP contribution in [0.3, 0.4) is 0 Å². The van der Waals surface area contributed by atoms with Crippen molar-refractivity contribution >= 4 is 89.1 Å². The van der Waals surface area contributed by atoms with E-state index in [0.717, 1.165) is 22.8 Å². The van der Waals surface area contributed by atoms with Gasteiger partial charge in [0.15, 0.2) is 0 Å². The molecule has 286 valence electrons. The van der Waals surface area contributed by atoms with Crippen molar-refractivity contribution in [2.24, 2.45) is 0 Å². The molecule has 0 saturated carbocycles. The lowest BCUT2D eigenvalue weighted by molar-refractivity contribution is 0.0940. The molecule has 8 rings (SSSR count). The Bertz CT molecular complexity index is 2300. The first-order valence-electron chi connectivity index (χ1n) is 17.4. The van der Waals surface area contributed by atoms with Crippen molar-refractivity contribution in [2.75, 3.05) is 0 Å². The molecule has 6 heterocycles. The van der Waals surface area contributed by atoms with Gasteiger partial charge in [-0.15, -0.1) is 11.3 Å². The minimum absolute atomic E-state index is 0.250. The van der Waals surface area contributed by atoms with Crippen LogP contribution < -0.4 is 0 Å². The number of H-pyrrole nitrogens is 3. The molecule has 0 fully saturated rings. The third kappa shape index (κ3) is 14.1. The maximum atomic E-state index is 11.9. The van der Waals surface area contributed by atoms with Gasteiger partial charge in [-0.1, -0.05) is 78.3 Å². The first-order valence-corrected chi connectivity index (χ1v) is 19.0. The van der Waals surface area contributed by atoms with E-state index < -0.39 is 0 Å². The molecule has 0 radical (unpaired) electrons. The van der Waals surface area contributed by atoms with Gasteiger partial charge >= 0.3 is 0 Å². The Morgan fingerprint density at radius 2 is 1.30 bits per heavy atom. The van der Waals surface area contributed by atoms with Crippen molar-refractivity contribution in [3.63, 3.8) is 0 Å². The van der Waals surface area contributed by atoms with Crippen molar-refractivity contribution in [2.45, 2.75) is 6.92 Å². The second-order valence-electron chi connectivity index (χ2n) is 11.7. The van der Waals surface area contributed by atoms with Crippen LogP contribution in [0.25, 0.3) is 48.6 Å². The first kappa shape index (κ1) is 41.4. The third-order valence-electron chi connectivity index (χ3n) is 7.41. The number of aromatic amines is 3. The SMILES string of the molecule is C(=C\c1ccco1)/c1ccn[nH]1.C(=C\c1cccs1)/c1ccn[nH]1.C(=C\c1ccn[nH]1)/c1ccccc1.C=C(C)C(=O)n1nccc1/C=C/c1c(Cl)cccc1Cl. The van der Waals surface area contributed by atoms with Crippen LogP contribution in [-0.4, -0.2) is 46.3 Å². The average molecular weight is 814 g/mol. The summed E-state index contributed by atoms with van der Waals surface area (Å²) in [6, 6.07) is 30.8. The number of benzene rings is 2.